The van der Waals surface area contributed by atoms with Gasteiger partial charge in [0.05, 0.1) is 15.2 Å². The van der Waals surface area contributed by atoms with E-state index in [1.165, 1.54) is 9.71 Å². The lowest BCUT2D eigenvalue weighted by atomic mass is 10.3. The van der Waals surface area contributed by atoms with Crippen molar-refractivity contribution in [3.63, 3.8) is 0 Å². The fraction of sp³-hybridized carbons (Fsp3) is 0.375. The third kappa shape index (κ3) is 4.86. The first-order chi connectivity index (χ1) is 10.3. The molecular weight excluding hydrogens is 280 g/mol. The second-order valence-electron chi connectivity index (χ2n) is 4.61. The molecule has 5 heteroatoms. The zero-order valence-electron chi connectivity index (χ0n) is 12.4. The van der Waals surface area contributed by atoms with Crippen LogP contribution in [0.2, 0.25) is 0 Å². The van der Waals surface area contributed by atoms with Gasteiger partial charge in [0.15, 0.2) is 5.96 Å². The maximum atomic E-state index is 4.64. The second kappa shape index (κ2) is 8.42. The summed E-state index contributed by atoms with van der Waals surface area (Å²) in [6.45, 7) is 8.14. The molecule has 1 heterocycles. The minimum absolute atomic E-state index is 0.726. The van der Waals surface area contributed by atoms with Gasteiger partial charge in [0.25, 0.3) is 0 Å². The van der Waals surface area contributed by atoms with Gasteiger partial charge in [-0.3, -0.25) is 4.99 Å². The number of para-hydroxylation sites is 1. The Labute approximate surface area is 130 Å². The number of nitrogens with zero attached hydrogens (tertiary/aromatic N) is 2. The van der Waals surface area contributed by atoms with Crippen LogP contribution in [0.25, 0.3) is 10.2 Å². The van der Waals surface area contributed by atoms with Crippen LogP contribution < -0.4 is 10.6 Å². The van der Waals surface area contributed by atoms with E-state index in [1.807, 2.05) is 12.1 Å². The van der Waals surface area contributed by atoms with Crippen LogP contribution >= 0.6 is 11.3 Å². The third-order valence-corrected chi connectivity index (χ3v) is 4.01. The summed E-state index contributed by atoms with van der Waals surface area (Å²) in [5, 5.41) is 7.60. The Bertz CT molecular complexity index is 570. The summed E-state index contributed by atoms with van der Waals surface area (Å²) in [4.78, 5) is 9.18. The molecule has 0 bridgehead atoms. The predicted octanol–water partition coefficient (Wildman–Crippen LogP) is 2.97. The van der Waals surface area contributed by atoms with Gasteiger partial charge < -0.3 is 10.6 Å². The molecule has 0 aliphatic rings. The summed E-state index contributed by atoms with van der Waals surface area (Å²) in [6, 6.07) is 8.28. The highest BCUT2D eigenvalue weighted by Gasteiger charge is 2.02. The van der Waals surface area contributed by atoms with Gasteiger partial charge in [0.1, 0.15) is 0 Å². The average molecular weight is 302 g/mol. The third-order valence-electron chi connectivity index (χ3n) is 2.91. The maximum absolute atomic E-state index is 4.64. The molecule has 0 aliphatic carbocycles. The first-order valence-electron chi connectivity index (χ1n) is 7.31. The van der Waals surface area contributed by atoms with Crippen LogP contribution in [0.5, 0.6) is 0 Å². The number of rotatable bonds is 7. The van der Waals surface area contributed by atoms with Crippen molar-refractivity contribution >= 4 is 27.5 Å². The fourth-order valence-electron chi connectivity index (χ4n) is 1.96. The van der Waals surface area contributed by atoms with Crippen LogP contribution in [0.1, 0.15) is 18.4 Å². The number of aromatic nitrogens is 1. The number of benzene rings is 1. The average Bonchev–Trinajstić information content (AvgIpc) is 2.91. The molecule has 4 nitrogen and oxygen atoms in total. The molecule has 1 aromatic carbocycles. The van der Waals surface area contributed by atoms with Gasteiger partial charge in [0.2, 0.25) is 0 Å². The summed E-state index contributed by atoms with van der Waals surface area (Å²) in [5.41, 5.74) is 1.10. The number of nitrogens with one attached hydrogen (secondary N) is 2. The van der Waals surface area contributed by atoms with Crippen molar-refractivity contribution in [1.29, 1.82) is 0 Å². The van der Waals surface area contributed by atoms with Crippen molar-refractivity contribution in [3.8, 4) is 0 Å². The van der Waals surface area contributed by atoms with Gasteiger partial charge in [0, 0.05) is 26.1 Å². The zero-order valence-corrected chi connectivity index (χ0v) is 13.2. The van der Waals surface area contributed by atoms with E-state index in [9.17, 15) is 0 Å². The van der Waals surface area contributed by atoms with Gasteiger partial charge in [-0.05, 0) is 25.5 Å². The minimum Gasteiger partial charge on any atom is -0.357 e. The number of hydrogen-bond donors (Lipinski definition) is 2. The molecule has 2 rings (SSSR count). The molecule has 0 spiro atoms. The van der Waals surface area contributed by atoms with Crippen LogP contribution in [0.3, 0.4) is 0 Å². The number of guanidine groups is 1. The molecule has 0 unspecified atom stereocenters. The summed E-state index contributed by atoms with van der Waals surface area (Å²) >= 11 is 1.78. The molecule has 0 saturated heterocycles. The molecule has 0 atom stereocenters. The van der Waals surface area contributed by atoms with Crippen molar-refractivity contribution < 1.29 is 0 Å². The topological polar surface area (TPSA) is 49.3 Å². The van der Waals surface area contributed by atoms with E-state index in [4.69, 9.17) is 0 Å². The van der Waals surface area contributed by atoms with E-state index >= 15 is 0 Å². The smallest absolute Gasteiger partial charge is 0.191 e. The standard InChI is InChI=1S/C16H22N4S/c1-3-11-18-16(17-4-2)19-12-7-10-15-20-13-8-5-6-9-14(13)21-15/h3,5-6,8-9H,1,4,7,10-12H2,2H3,(H2,17,18,19). The molecule has 0 saturated carbocycles. The highest BCUT2D eigenvalue weighted by molar-refractivity contribution is 7.18. The van der Waals surface area contributed by atoms with Gasteiger partial charge in [-0.1, -0.05) is 18.2 Å². The van der Waals surface area contributed by atoms with Gasteiger partial charge >= 0.3 is 0 Å². The first kappa shape index (κ1) is 15.5. The largest absolute Gasteiger partial charge is 0.357 e. The van der Waals surface area contributed by atoms with E-state index in [-0.39, 0.29) is 0 Å². The Kier molecular flexibility index (Phi) is 6.22. The molecule has 21 heavy (non-hydrogen) atoms. The first-order valence-corrected chi connectivity index (χ1v) is 8.12. The number of thiazole rings is 1. The van der Waals surface area contributed by atoms with Crippen molar-refractivity contribution in [2.24, 2.45) is 4.99 Å². The van der Waals surface area contributed by atoms with Crippen molar-refractivity contribution in [2.75, 3.05) is 19.6 Å². The molecular formula is C16H22N4S. The fourth-order valence-corrected chi connectivity index (χ4v) is 2.97. The Hall–Kier alpha value is -1.88. The van der Waals surface area contributed by atoms with Gasteiger partial charge in [-0.25, -0.2) is 4.98 Å². The summed E-state index contributed by atoms with van der Waals surface area (Å²) in [5.74, 6) is 0.849. The van der Waals surface area contributed by atoms with E-state index in [1.54, 1.807) is 11.3 Å². The lowest BCUT2D eigenvalue weighted by Crippen LogP contribution is -2.37. The Morgan fingerprint density at radius 1 is 1.38 bits per heavy atom. The van der Waals surface area contributed by atoms with Crippen LogP contribution in [-0.4, -0.2) is 30.6 Å². The molecule has 1 aromatic heterocycles. The monoisotopic (exact) mass is 302 g/mol. The summed E-state index contributed by atoms with van der Waals surface area (Å²) in [6.07, 6.45) is 3.81. The Balaban J connectivity index is 1.83. The lowest BCUT2D eigenvalue weighted by molar-refractivity contribution is 0.800. The van der Waals surface area contributed by atoms with Crippen LogP contribution in [0, 0.1) is 0 Å². The van der Waals surface area contributed by atoms with Crippen molar-refractivity contribution in [3.05, 3.63) is 41.9 Å². The predicted molar refractivity (Wildman–Crippen MR) is 92.1 cm³/mol. The number of aliphatic imine (C=N–C) groups is 1. The highest BCUT2D eigenvalue weighted by atomic mass is 32.1. The Morgan fingerprint density at radius 2 is 2.24 bits per heavy atom. The van der Waals surface area contributed by atoms with Gasteiger partial charge in [-0.2, -0.15) is 0 Å². The molecule has 112 valence electrons. The zero-order chi connectivity index (χ0) is 14.9. The van der Waals surface area contributed by atoms with Crippen molar-refractivity contribution in [1.82, 2.24) is 15.6 Å². The summed E-state index contributed by atoms with van der Waals surface area (Å²) in [7, 11) is 0. The second-order valence-corrected chi connectivity index (χ2v) is 5.72. The molecule has 0 fully saturated rings. The minimum atomic E-state index is 0.726. The number of hydrogen-bond acceptors (Lipinski definition) is 3. The molecule has 2 N–H and O–H groups in total. The van der Waals surface area contributed by atoms with Crippen LogP contribution in [0.15, 0.2) is 41.9 Å². The van der Waals surface area contributed by atoms with E-state index in [0.717, 1.165) is 44.0 Å². The van der Waals surface area contributed by atoms with E-state index in [2.05, 4.69) is 52.3 Å². The molecule has 0 aliphatic heterocycles. The molecule has 2 aromatic rings. The Morgan fingerprint density at radius 3 is 3.00 bits per heavy atom. The molecule has 0 radical (unpaired) electrons. The van der Waals surface area contributed by atoms with E-state index in [0.29, 0.717) is 0 Å². The van der Waals surface area contributed by atoms with Crippen LogP contribution in [-0.2, 0) is 6.42 Å². The quantitative estimate of drug-likeness (QED) is 0.358. The molecule has 0 amide bonds. The highest BCUT2D eigenvalue weighted by Crippen LogP contribution is 2.22. The number of aryl methyl sites for hydroxylation is 1. The SMILES string of the molecule is C=CCNC(=NCCCc1nc2ccccc2s1)NCC. The lowest BCUT2D eigenvalue weighted by Gasteiger charge is -2.08. The number of fused-ring (bicyclic) bond motifs is 1. The van der Waals surface area contributed by atoms with Gasteiger partial charge in [-0.15, -0.1) is 17.9 Å². The van der Waals surface area contributed by atoms with E-state index < -0.39 is 0 Å². The van der Waals surface area contributed by atoms with Crippen LogP contribution in [0.4, 0.5) is 0 Å². The maximum Gasteiger partial charge on any atom is 0.191 e. The van der Waals surface area contributed by atoms with Crippen molar-refractivity contribution in [2.45, 2.75) is 19.8 Å². The normalized spacial score (nSPS) is 11.6. The summed E-state index contributed by atoms with van der Waals surface area (Å²) < 4.78 is 1.26.